The minimum Gasteiger partial charge on any atom is -0.435 e. The second-order valence-corrected chi connectivity index (χ2v) is 8.04. The first-order chi connectivity index (χ1) is 15.1. The predicted octanol–water partition coefficient (Wildman–Crippen LogP) is 5.63. The number of carbonyl (C=O) groups is 1. The first kappa shape index (κ1) is 19.6. The lowest BCUT2D eigenvalue weighted by molar-refractivity contribution is -0.117. The number of halogens is 2. The number of anilines is 1. The highest BCUT2D eigenvalue weighted by atomic mass is 19.3. The Morgan fingerprint density at radius 3 is 2.45 bits per heavy atom. The van der Waals surface area contributed by atoms with Gasteiger partial charge in [0.1, 0.15) is 11.8 Å². The smallest absolute Gasteiger partial charge is 0.387 e. The van der Waals surface area contributed by atoms with Crippen LogP contribution in [0.25, 0.3) is 22.2 Å². The molecule has 1 amide bonds. The molecule has 5 rings (SSSR count). The lowest BCUT2D eigenvalue weighted by atomic mass is 9.92. The van der Waals surface area contributed by atoms with E-state index in [1.807, 2.05) is 24.3 Å². The van der Waals surface area contributed by atoms with Gasteiger partial charge in [-0.15, -0.1) is 0 Å². The summed E-state index contributed by atoms with van der Waals surface area (Å²) in [6.45, 7) is -2.18. The average Bonchev–Trinajstić information content (AvgIpc) is 3.28. The first-order valence-electron chi connectivity index (χ1n) is 10.5. The summed E-state index contributed by atoms with van der Waals surface area (Å²) in [6, 6.07) is 15.0. The van der Waals surface area contributed by atoms with E-state index in [-0.39, 0.29) is 17.7 Å². The number of carbonyl (C=O) groups excluding carboxylic acids is 1. The molecular weight excluding hydrogens is 400 g/mol. The van der Waals surface area contributed by atoms with Crippen LogP contribution in [0.1, 0.15) is 43.7 Å². The molecule has 158 valence electrons. The van der Waals surface area contributed by atoms with Gasteiger partial charge in [-0.05, 0) is 55.5 Å². The van der Waals surface area contributed by atoms with Gasteiger partial charge in [0.15, 0.2) is 0 Å². The number of aromatic nitrogens is 1. The summed E-state index contributed by atoms with van der Waals surface area (Å²) in [4.78, 5) is 13.8. The van der Waals surface area contributed by atoms with E-state index < -0.39 is 6.61 Å². The van der Waals surface area contributed by atoms with E-state index >= 15 is 0 Å². The van der Waals surface area contributed by atoms with Gasteiger partial charge in [0, 0.05) is 36.1 Å². The van der Waals surface area contributed by atoms with E-state index in [1.54, 1.807) is 17.0 Å². The second kappa shape index (κ2) is 7.69. The van der Waals surface area contributed by atoms with Crippen molar-refractivity contribution >= 4 is 22.5 Å². The molecule has 2 heterocycles. The molecule has 0 unspecified atom stereocenters. The van der Waals surface area contributed by atoms with Crippen molar-refractivity contribution in [2.24, 2.45) is 0 Å². The number of hydrogen-bond acceptors (Lipinski definition) is 3. The van der Waals surface area contributed by atoms with Gasteiger partial charge in [-0.2, -0.15) is 14.0 Å². The maximum atomic E-state index is 12.8. The third-order valence-electron chi connectivity index (χ3n) is 6.28. The standard InChI is InChI=1S/C24H21F2N3O2/c25-24(26)31-18-10-11-19-20(14-27)23(29(21(19)13-18)17-3-1-4-17)15-6-8-16(9-7-15)28-12-2-5-22(28)30/h6-11,13,17,24H,1-5,12H2. The Labute approximate surface area is 178 Å². The number of benzene rings is 2. The summed E-state index contributed by atoms with van der Waals surface area (Å²) in [5, 5.41) is 10.7. The summed E-state index contributed by atoms with van der Waals surface area (Å²) in [5.74, 6) is 0.208. The zero-order valence-electron chi connectivity index (χ0n) is 16.9. The van der Waals surface area contributed by atoms with Crippen LogP contribution in [0.2, 0.25) is 0 Å². The van der Waals surface area contributed by atoms with Crippen LogP contribution in [0.15, 0.2) is 42.5 Å². The zero-order chi connectivity index (χ0) is 21.5. The fourth-order valence-electron chi connectivity index (χ4n) is 4.61. The van der Waals surface area contributed by atoms with Crippen LogP contribution in [-0.2, 0) is 4.79 Å². The van der Waals surface area contributed by atoms with Gasteiger partial charge in [0.05, 0.1) is 16.8 Å². The maximum absolute atomic E-state index is 12.8. The molecule has 0 N–H and O–H groups in total. The van der Waals surface area contributed by atoms with Gasteiger partial charge in [0.2, 0.25) is 5.91 Å². The Hall–Kier alpha value is -3.40. The molecule has 5 nitrogen and oxygen atoms in total. The van der Waals surface area contributed by atoms with Crippen molar-refractivity contribution in [1.82, 2.24) is 4.57 Å². The third kappa shape index (κ3) is 3.32. The molecule has 1 aromatic heterocycles. The van der Waals surface area contributed by atoms with Crippen molar-refractivity contribution in [3.05, 3.63) is 48.0 Å². The molecule has 0 bridgehead atoms. The van der Waals surface area contributed by atoms with E-state index in [2.05, 4.69) is 15.4 Å². The highest BCUT2D eigenvalue weighted by Crippen LogP contribution is 2.43. The molecule has 31 heavy (non-hydrogen) atoms. The fourth-order valence-corrected chi connectivity index (χ4v) is 4.61. The van der Waals surface area contributed by atoms with Crippen molar-refractivity contribution in [3.8, 4) is 23.1 Å². The number of ether oxygens (including phenoxy) is 1. The van der Waals surface area contributed by atoms with Crippen LogP contribution in [0.4, 0.5) is 14.5 Å². The lowest BCUT2D eigenvalue weighted by Gasteiger charge is -2.30. The summed E-state index contributed by atoms with van der Waals surface area (Å²) < 4.78 is 32.2. The van der Waals surface area contributed by atoms with Gasteiger partial charge in [-0.1, -0.05) is 12.1 Å². The van der Waals surface area contributed by atoms with Gasteiger partial charge >= 0.3 is 6.61 Å². The number of hydrogen-bond donors (Lipinski definition) is 0. The Bertz CT molecular complexity index is 1190. The minimum atomic E-state index is -2.90. The average molecular weight is 421 g/mol. The van der Waals surface area contributed by atoms with Crippen LogP contribution in [-0.4, -0.2) is 23.6 Å². The molecule has 1 aliphatic carbocycles. The van der Waals surface area contributed by atoms with Crippen molar-refractivity contribution in [3.63, 3.8) is 0 Å². The van der Waals surface area contributed by atoms with E-state index in [9.17, 15) is 18.8 Å². The normalized spacial score (nSPS) is 16.7. The number of rotatable bonds is 5. The molecular formula is C24H21F2N3O2. The van der Waals surface area contributed by atoms with Gasteiger partial charge in [0.25, 0.3) is 0 Å². The molecule has 3 aromatic rings. The van der Waals surface area contributed by atoms with Crippen LogP contribution >= 0.6 is 0 Å². The molecule has 0 radical (unpaired) electrons. The molecule has 2 aromatic carbocycles. The quantitative estimate of drug-likeness (QED) is 0.536. The Morgan fingerprint density at radius 2 is 1.87 bits per heavy atom. The summed E-state index contributed by atoms with van der Waals surface area (Å²) in [5.41, 5.74) is 3.76. The monoisotopic (exact) mass is 421 g/mol. The number of alkyl halides is 2. The molecule has 2 aliphatic rings. The van der Waals surface area contributed by atoms with Crippen LogP contribution < -0.4 is 9.64 Å². The van der Waals surface area contributed by atoms with E-state index in [4.69, 9.17) is 0 Å². The van der Waals surface area contributed by atoms with Crippen molar-refractivity contribution in [1.29, 1.82) is 5.26 Å². The summed E-state index contributed by atoms with van der Waals surface area (Å²) >= 11 is 0. The van der Waals surface area contributed by atoms with E-state index in [0.29, 0.717) is 12.0 Å². The molecule has 7 heteroatoms. The van der Waals surface area contributed by atoms with Crippen molar-refractivity contribution in [2.45, 2.75) is 44.8 Å². The molecule has 1 saturated carbocycles. The van der Waals surface area contributed by atoms with Crippen LogP contribution in [0, 0.1) is 11.3 Å². The lowest BCUT2D eigenvalue weighted by Crippen LogP contribution is -2.23. The maximum Gasteiger partial charge on any atom is 0.387 e. The summed E-state index contributed by atoms with van der Waals surface area (Å²) in [6.07, 6.45) is 4.47. The molecule has 0 spiro atoms. The number of fused-ring (bicyclic) bond motifs is 1. The van der Waals surface area contributed by atoms with Crippen LogP contribution in [0.5, 0.6) is 5.75 Å². The van der Waals surface area contributed by atoms with Crippen molar-refractivity contribution in [2.75, 3.05) is 11.4 Å². The second-order valence-electron chi connectivity index (χ2n) is 8.04. The number of nitriles is 1. The van der Waals surface area contributed by atoms with Gasteiger partial charge in [-0.3, -0.25) is 4.79 Å². The summed E-state index contributed by atoms with van der Waals surface area (Å²) in [7, 11) is 0. The number of nitrogens with zero attached hydrogens (tertiary/aromatic N) is 3. The highest BCUT2D eigenvalue weighted by Gasteiger charge is 2.28. The molecule has 2 fully saturated rings. The highest BCUT2D eigenvalue weighted by molar-refractivity contribution is 5.97. The largest absolute Gasteiger partial charge is 0.435 e. The Morgan fingerprint density at radius 1 is 1.10 bits per heavy atom. The predicted molar refractivity (Wildman–Crippen MR) is 113 cm³/mol. The molecule has 0 atom stereocenters. The van der Waals surface area contributed by atoms with E-state index in [0.717, 1.165) is 60.1 Å². The van der Waals surface area contributed by atoms with E-state index in [1.165, 1.54) is 6.07 Å². The first-order valence-corrected chi connectivity index (χ1v) is 10.5. The van der Waals surface area contributed by atoms with Gasteiger partial charge < -0.3 is 14.2 Å². The number of amides is 1. The molecule has 1 saturated heterocycles. The topological polar surface area (TPSA) is 58.3 Å². The van der Waals surface area contributed by atoms with Crippen LogP contribution in [0.3, 0.4) is 0 Å². The Balaban J connectivity index is 1.65. The van der Waals surface area contributed by atoms with Crippen molar-refractivity contribution < 1.29 is 18.3 Å². The minimum absolute atomic E-state index is 0.0829. The zero-order valence-corrected chi connectivity index (χ0v) is 16.9. The third-order valence-corrected chi connectivity index (χ3v) is 6.28. The Kier molecular flexibility index (Phi) is 4.85. The SMILES string of the molecule is N#Cc1c(-c2ccc(N3CCCC3=O)cc2)n(C2CCC2)c2cc(OC(F)F)ccc12. The molecule has 1 aliphatic heterocycles. The van der Waals surface area contributed by atoms with Gasteiger partial charge in [-0.25, -0.2) is 0 Å². The fraction of sp³-hybridized carbons (Fsp3) is 0.333.